The van der Waals surface area contributed by atoms with E-state index in [1.165, 1.54) is 11.6 Å². The van der Waals surface area contributed by atoms with Crippen molar-refractivity contribution in [3.05, 3.63) is 63.1 Å². The van der Waals surface area contributed by atoms with Crippen molar-refractivity contribution >= 4 is 17.1 Å². The number of carbonyl (C=O) groups is 1. The Morgan fingerprint density at radius 3 is 2.41 bits per heavy atom. The molecule has 9 nitrogen and oxygen atoms in total. The summed E-state index contributed by atoms with van der Waals surface area (Å²) in [5.41, 5.74) is 0.750. The van der Waals surface area contributed by atoms with Crippen molar-refractivity contribution in [2.45, 2.75) is 50.4 Å². The summed E-state index contributed by atoms with van der Waals surface area (Å²) in [6, 6.07) is 9.85. The number of rotatable bonds is 5. The highest BCUT2D eigenvalue weighted by Gasteiger charge is 2.41. The fourth-order valence-electron chi connectivity index (χ4n) is 5.27. The Morgan fingerprint density at radius 1 is 1.03 bits per heavy atom. The van der Waals surface area contributed by atoms with E-state index in [0.717, 1.165) is 36.8 Å². The Labute approximate surface area is 184 Å². The predicted octanol–water partition coefficient (Wildman–Crippen LogP) is 1.29. The molecule has 0 amide bonds. The van der Waals surface area contributed by atoms with Crippen molar-refractivity contribution in [2.24, 2.45) is 14.1 Å². The van der Waals surface area contributed by atoms with Gasteiger partial charge in [-0.1, -0.05) is 18.2 Å². The van der Waals surface area contributed by atoms with Gasteiger partial charge in [0.05, 0.1) is 11.9 Å². The van der Waals surface area contributed by atoms with Crippen LogP contribution in [-0.4, -0.2) is 54.3 Å². The standard InChI is InChI=1S/C23H27N5O4/c1-25-20-19(21(29)26(2)23(25)31)27(14-24-20)10-11-28-16-8-9-17(28)13-18(12-16)32-22(30)15-6-4-3-5-7-15/h3-7,14,16-18H,8-13H2,1-2H3. The number of nitrogens with zero attached hydrogens (tertiary/aromatic N) is 5. The van der Waals surface area contributed by atoms with E-state index in [0.29, 0.717) is 35.4 Å². The van der Waals surface area contributed by atoms with E-state index >= 15 is 0 Å². The summed E-state index contributed by atoms with van der Waals surface area (Å²) in [7, 11) is 3.12. The van der Waals surface area contributed by atoms with Crippen LogP contribution in [0.1, 0.15) is 36.0 Å². The van der Waals surface area contributed by atoms with Gasteiger partial charge in [0.1, 0.15) is 6.10 Å². The maximum atomic E-state index is 12.7. The molecule has 2 fully saturated rings. The summed E-state index contributed by atoms with van der Waals surface area (Å²) in [6.45, 7) is 1.40. The van der Waals surface area contributed by atoms with Gasteiger partial charge in [-0.3, -0.25) is 18.8 Å². The summed E-state index contributed by atoms with van der Waals surface area (Å²) in [5.74, 6) is -0.255. The summed E-state index contributed by atoms with van der Waals surface area (Å²) < 4.78 is 10.2. The van der Waals surface area contributed by atoms with Crippen molar-refractivity contribution in [1.29, 1.82) is 0 Å². The first-order valence-corrected chi connectivity index (χ1v) is 11.1. The molecule has 9 heteroatoms. The van der Waals surface area contributed by atoms with E-state index in [1.54, 1.807) is 25.5 Å². The molecule has 2 saturated heterocycles. The monoisotopic (exact) mass is 437 g/mol. The minimum absolute atomic E-state index is 0.0626. The molecule has 0 aliphatic carbocycles. The van der Waals surface area contributed by atoms with Crippen LogP contribution in [0.2, 0.25) is 0 Å². The van der Waals surface area contributed by atoms with Crippen LogP contribution in [0.4, 0.5) is 0 Å². The van der Waals surface area contributed by atoms with E-state index in [4.69, 9.17) is 4.74 Å². The Kier molecular flexibility index (Phi) is 5.21. The topological polar surface area (TPSA) is 91.4 Å². The number of hydrogen-bond donors (Lipinski definition) is 0. The van der Waals surface area contributed by atoms with Crippen LogP contribution in [0.3, 0.4) is 0 Å². The number of imidazole rings is 1. The van der Waals surface area contributed by atoms with Crippen LogP contribution in [0.5, 0.6) is 0 Å². The Balaban J connectivity index is 1.27. The van der Waals surface area contributed by atoms with Crippen molar-refractivity contribution in [3.63, 3.8) is 0 Å². The molecule has 2 aromatic heterocycles. The molecule has 3 aromatic rings. The number of esters is 1. The summed E-state index contributed by atoms with van der Waals surface area (Å²) in [4.78, 5) is 44.0. The molecule has 2 bridgehead atoms. The van der Waals surface area contributed by atoms with Gasteiger partial charge in [-0.15, -0.1) is 0 Å². The van der Waals surface area contributed by atoms with Gasteiger partial charge < -0.3 is 9.30 Å². The number of aryl methyl sites for hydroxylation is 1. The first-order chi connectivity index (χ1) is 15.4. The van der Waals surface area contributed by atoms with Gasteiger partial charge in [0.25, 0.3) is 5.56 Å². The van der Waals surface area contributed by atoms with E-state index in [9.17, 15) is 14.4 Å². The van der Waals surface area contributed by atoms with Gasteiger partial charge in [-0.05, 0) is 25.0 Å². The average Bonchev–Trinajstić information content (AvgIpc) is 3.33. The van der Waals surface area contributed by atoms with Crippen molar-refractivity contribution in [1.82, 2.24) is 23.6 Å². The minimum Gasteiger partial charge on any atom is -0.459 e. The van der Waals surface area contributed by atoms with Crippen LogP contribution in [-0.2, 0) is 25.4 Å². The summed E-state index contributed by atoms with van der Waals surface area (Å²) in [6.07, 6.45) is 5.41. The molecule has 0 N–H and O–H groups in total. The van der Waals surface area contributed by atoms with E-state index in [2.05, 4.69) is 9.88 Å². The molecule has 168 valence electrons. The van der Waals surface area contributed by atoms with E-state index in [-0.39, 0.29) is 23.3 Å². The second kappa shape index (κ2) is 8.05. The molecular formula is C23H27N5O4. The van der Waals surface area contributed by atoms with Crippen LogP contribution >= 0.6 is 0 Å². The fraction of sp³-hybridized carbons (Fsp3) is 0.478. The number of hydrogen-bond acceptors (Lipinski definition) is 6. The van der Waals surface area contributed by atoms with Crippen LogP contribution in [0.15, 0.2) is 46.2 Å². The molecule has 0 saturated carbocycles. The zero-order chi connectivity index (χ0) is 22.4. The molecule has 32 heavy (non-hydrogen) atoms. The molecule has 1 aromatic carbocycles. The maximum Gasteiger partial charge on any atom is 0.338 e. The molecule has 0 spiro atoms. The van der Waals surface area contributed by atoms with Crippen molar-refractivity contribution < 1.29 is 9.53 Å². The Bertz CT molecular complexity index is 1260. The van der Waals surface area contributed by atoms with Crippen molar-refractivity contribution in [3.8, 4) is 0 Å². The van der Waals surface area contributed by atoms with Gasteiger partial charge >= 0.3 is 11.7 Å². The molecule has 0 radical (unpaired) electrons. The van der Waals surface area contributed by atoms with Gasteiger partial charge in [-0.2, -0.15) is 0 Å². The summed E-state index contributed by atoms with van der Waals surface area (Å²) in [5, 5.41) is 0. The molecular weight excluding hydrogens is 410 g/mol. The van der Waals surface area contributed by atoms with Crippen LogP contribution < -0.4 is 11.2 Å². The molecule has 2 atom stereocenters. The smallest absolute Gasteiger partial charge is 0.338 e. The van der Waals surface area contributed by atoms with Crippen molar-refractivity contribution in [2.75, 3.05) is 6.54 Å². The second-order valence-electron chi connectivity index (χ2n) is 8.80. The lowest BCUT2D eigenvalue weighted by atomic mass is 9.99. The van der Waals surface area contributed by atoms with Gasteiger partial charge in [-0.25, -0.2) is 14.6 Å². The van der Waals surface area contributed by atoms with Gasteiger partial charge in [0, 0.05) is 52.1 Å². The molecule has 4 heterocycles. The Morgan fingerprint density at radius 2 is 1.72 bits per heavy atom. The third-order valence-corrected chi connectivity index (χ3v) is 6.94. The predicted molar refractivity (Wildman–Crippen MR) is 119 cm³/mol. The SMILES string of the molecule is Cn1c(=O)c2c(ncn2CCN2C3CCC2CC(OC(=O)c2ccccc2)C3)n(C)c1=O. The number of ether oxygens (including phenoxy) is 1. The lowest BCUT2D eigenvalue weighted by Gasteiger charge is -2.38. The largest absolute Gasteiger partial charge is 0.459 e. The maximum absolute atomic E-state index is 12.7. The lowest BCUT2D eigenvalue weighted by molar-refractivity contribution is -0.00662. The highest BCUT2D eigenvalue weighted by molar-refractivity contribution is 5.89. The minimum atomic E-state index is -0.377. The average molecular weight is 438 g/mol. The molecule has 5 rings (SSSR count). The normalized spacial score (nSPS) is 23.0. The third kappa shape index (κ3) is 3.46. The van der Waals surface area contributed by atoms with Crippen LogP contribution in [0, 0.1) is 0 Å². The number of carbonyl (C=O) groups excluding carboxylic acids is 1. The van der Waals surface area contributed by atoms with Crippen LogP contribution in [0.25, 0.3) is 11.2 Å². The van der Waals surface area contributed by atoms with Gasteiger partial charge in [0.15, 0.2) is 11.2 Å². The number of fused-ring (bicyclic) bond motifs is 3. The molecule has 2 aliphatic rings. The number of piperidine rings is 1. The fourth-order valence-corrected chi connectivity index (χ4v) is 5.27. The lowest BCUT2D eigenvalue weighted by Crippen LogP contribution is -2.47. The van der Waals surface area contributed by atoms with Gasteiger partial charge in [0.2, 0.25) is 0 Å². The third-order valence-electron chi connectivity index (χ3n) is 6.94. The quantitative estimate of drug-likeness (QED) is 0.559. The van der Waals surface area contributed by atoms with E-state index in [1.807, 2.05) is 22.8 Å². The number of benzene rings is 1. The highest BCUT2D eigenvalue weighted by atomic mass is 16.5. The first-order valence-electron chi connectivity index (χ1n) is 11.1. The van der Waals surface area contributed by atoms with E-state index < -0.39 is 0 Å². The first kappa shape index (κ1) is 20.7. The molecule has 2 aliphatic heterocycles. The number of aromatic nitrogens is 4. The zero-order valence-corrected chi connectivity index (χ0v) is 18.3. The Hall–Kier alpha value is -3.20. The molecule has 2 unspecified atom stereocenters. The summed E-state index contributed by atoms with van der Waals surface area (Å²) >= 11 is 0. The zero-order valence-electron chi connectivity index (χ0n) is 18.3. The highest BCUT2D eigenvalue weighted by Crippen LogP contribution is 2.37. The second-order valence-corrected chi connectivity index (χ2v) is 8.80.